The van der Waals surface area contributed by atoms with Crippen molar-refractivity contribution in [2.75, 3.05) is 19.6 Å². The number of rotatable bonds is 6. The first-order valence-corrected chi connectivity index (χ1v) is 8.53. The van der Waals surface area contributed by atoms with Crippen LogP contribution >= 0.6 is 0 Å². The third-order valence-corrected chi connectivity index (χ3v) is 4.85. The van der Waals surface area contributed by atoms with Crippen molar-refractivity contribution < 1.29 is 4.79 Å². The predicted octanol–water partition coefficient (Wildman–Crippen LogP) is 3.34. The number of hydrogen-bond acceptors (Lipinski definition) is 2. The summed E-state index contributed by atoms with van der Waals surface area (Å²) in [5.74, 6) is 1.07. The Kier molecular flexibility index (Phi) is 6.01. The number of hydrogen-bond donors (Lipinski definition) is 1. The van der Waals surface area contributed by atoms with Gasteiger partial charge in [0, 0.05) is 25.6 Å². The molecule has 2 rings (SSSR count). The van der Waals surface area contributed by atoms with Gasteiger partial charge in [-0.25, -0.2) is 0 Å². The van der Waals surface area contributed by atoms with Crippen LogP contribution in [0.2, 0.25) is 0 Å². The van der Waals surface area contributed by atoms with Crippen LogP contribution in [-0.4, -0.2) is 36.5 Å². The molecule has 0 saturated carbocycles. The second-order valence-electron chi connectivity index (χ2n) is 7.01. The number of likely N-dealkylation sites (tertiary alicyclic amines) is 1. The van der Waals surface area contributed by atoms with Gasteiger partial charge in [-0.1, -0.05) is 31.2 Å². The van der Waals surface area contributed by atoms with Crippen LogP contribution in [0.5, 0.6) is 0 Å². The monoisotopic (exact) mass is 302 g/mol. The SMILES string of the molecule is Cc1ccccc1[C@H](C)CC(=O)NC[C@H]1CCN(C(C)C)C1. The summed E-state index contributed by atoms with van der Waals surface area (Å²) in [6.45, 7) is 11.8. The number of benzene rings is 1. The van der Waals surface area contributed by atoms with Crippen molar-refractivity contribution in [3.05, 3.63) is 35.4 Å². The molecule has 3 nitrogen and oxygen atoms in total. The van der Waals surface area contributed by atoms with Gasteiger partial charge in [0.2, 0.25) is 5.91 Å². The van der Waals surface area contributed by atoms with Crippen LogP contribution in [0, 0.1) is 12.8 Å². The molecule has 2 atom stereocenters. The predicted molar refractivity (Wildman–Crippen MR) is 92.0 cm³/mol. The Morgan fingerprint density at radius 1 is 1.32 bits per heavy atom. The maximum Gasteiger partial charge on any atom is 0.220 e. The molecule has 1 fully saturated rings. The summed E-state index contributed by atoms with van der Waals surface area (Å²) in [5, 5.41) is 3.14. The third kappa shape index (κ3) is 4.57. The topological polar surface area (TPSA) is 32.3 Å². The minimum Gasteiger partial charge on any atom is -0.356 e. The molecule has 0 spiro atoms. The van der Waals surface area contributed by atoms with Crippen LogP contribution in [0.15, 0.2) is 24.3 Å². The lowest BCUT2D eigenvalue weighted by molar-refractivity contribution is -0.121. The smallest absolute Gasteiger partial charge is 0.220 e. The molecular weight excluding hydrogens is 272 g/mol. The van der Waals surface area contributed by atoms with E-state index < -0.39 is 0 Å². The van der Waals surface area contributed by atoms with Crippen LogP contribution in [0.4, 0.5) is 0 Å². The first-order chi connectivity index (χ1) is 10.5. The summed E-state index contributed by atoms with van der Waals surface area (Å²) >= 11 is 0. The Morgan fingerprint density at radius 2 is 2.05 bits per heavy atom. The second-order valence-corrected chi connectivity index (χ2v) is 7.01. The number of aryl methyl sites for hydroxylation is 1. The van der Waals surface area contributed by atoms with E-state index in [1.165, 1.54) is 17.5 Å². The number of amides is 1. The summed E-state index contributed by atoms with van der Waals surface area (Å²) in [5.41, 5.74) is 2.55. The van der Waals surface area contributed by atoms with Gasteiger partial charge >= 0.3 is 0 Å². The second kappa shape index (κ2) is 7.77. The molecule has 1 aliphatic rings. The zero-order valence-corrected chi connectivity index (χ0v) is 14.4. The van der Waals surface area contributed by atoms with E-state index in [4.69, 9.17) is 0 Å². The van der Waals surface area contributed by atoms with Crippen molar-refractivity contribution in [2.24, 2.45) is 5.92 Å². The van der Waals surface area contributed by atoms with Crippen LogP contribution in [0.3, 0.4) is 0 Å². The molecule has 0 aliphatic carbocycles. The zero-order chi connectivity index (χ0) is 16.1. The Hall–Kier alpha value is -1.35. The van der Waals surface area contributed by atoms with Crippen LogP contribution in [0.25, 0.3) is 0 Å². The standard InChI is InChI=1S/C19H30N2O/c1-14(2)21-10-9-17(13-21)12-20-19(22)11-16(4)18-8-6-5-7-15(18)3/h5-8,14,16-17H,9-13H2,1-4H3,(H,20,22)/t16-,17-/m1/s1. The van der Waals surface area contributed by atoms with Gasteiger partial charge in [0.15, 0.2) is 0 Å². The highest BCUT2D eigenvalue weighted by molar-refractivity contribution is 5.76. The van der Waals surface area contributed by atoms with Crippen molar-refractivity contribution in [3.8, 4) is 0 Å². The molecule has 1 aromatic rings. The van der Waals surface area contributed by atoms with E-state index in [-0.39, 0.29) is 11.8 Å². The van der Waals surface area contributed by atoms with Gasteiger partial charge < -0.3 is 10.2 Å². The fraction of sp³-hybridized carbons (Fsp3) is 0.632. The molecule has 1 amide bonds. The summed E-state index contributed by atoms with van der Waals surface area (Å²) in [7, 11) is 0. The van der Waals surface area contributed by atoms with E-state index >= 15 is 0 Å². The lowest BCUT2D eigenvalue weighted by Gasteiger charge is -2.20. The molecule has 22 heavy (non-hydrogen) atoms. The minimum absolute atomic E-state index is 0.179. The molecule has 0 radical (unpaired) electrons. The quantitative estimate of drug-likeness (QED) is 0.874. The average Bonchev–Trinajstić information content (AvgIpc) is 2.94. The average molecular weight is 302 g/mol. The summed E-state index contributed by atoms with van der Waals surface area (Å²) in [6.07, 6.45) is 1.78. The van der Waals surface area contributed by atoms with Gasteiger partial charge in [0.25, 0.3) is 0 Å². The lowest BCUT2D eigenvalue weighted by atomic mass is 9.93. The van der Waals surface area contributed by atoms with Crippen molar-refractivity contribution in [1.29, 1.82) is 0 Å². The first kappa shape index (κ1) is 17.0. The summed E-state index contributed by atoms with van der Waals surface area (Å²) < 4.78 is 0. The van der Waals surface area contributed by atoms with Crippen molar-refractivity contribution >= 4 is 5.91 Å². The molecule has 1 aromatic carbocycles. The number of nitrogens with zero attached hydrogens (tertiary/aromatic N) is 1. The van der Waals surface area contributed by atoms with Gasteiger partial charge in [0.1, 0.15) is 0 Å². The van der Waals surface area contributed by atoms with Crippen molar-refractivity contribution in [1.82, 2.24) is 10.2 Å². The largest absolute Gasteiger partial charge is 0.356 e. The van der Waals surface area contributed by atoms with E-state index in [0.29, 0.717) is 18.4 Å². The number of carbonyl (C=O) groups is 1. The minimum atomic E-state index is 0.179. The van der Waals surface area contributed by atoms with Crippen LogP contribution < -0.4 is 5.32 Å². The van der Waals surface area contributed by atoms with Crippen molar-refractivity contribution in [2.45, 2.75) is 52.5 Å². The van der Waals surface area contributed by atoms with E-state index in [1.54, 1.807) is 0 Å². The molecule has 122 valence electrons. The van der Waals surface area contributed by atoms with Crippen molar-refractivity contribution in [3.63, 3.8) is 0 Å². The molecule has 0 unspecified atom stereocenters. The zero-order valence-electron chi connectivity index (χ0n) is 14.4. The molecule has 3 heteroatoms. The van der Waals surface area contributed by atoms with E-state index in [9.17, 15) is 4.79 Å². The fourth-order valence-corrected chi connectivity index (χ4v) is 3.36. The van der Waals surface area contributed by atoms with Crippen LogP contribution in [-0.2, 0) is 4.79 Å². The fourth-order valence-electron chi connectivity index (χ4n) is 3.36. The molecule has 0 bridgehead atoms. The maximum atomic E-state index is 12.2. The molecule has 1 aliphatic heterocycles. The molecular formula is C19H30N2O. The Bertz CT molecular complexity index is 498. The van der Waals surface area contributed by atoms with Crippen LogP contribution in [0.1, 0.15) is 50.7 Å². The maximum absolute atomic E-state index is 12.2. The lowest BCUT2D eigenvalue weighted by Crippen LogP contribution is -2.33. The Balaban J connectivity index is 1.76. The first-order valence-electron chi connectivity index (χ1n) is 8.53. The molecule has 1 heterocycles. The highest BCUT2D eigenvalue weighted by atomic mass is 16.1. The van der Waals surface area contributed by atoms with Gasteiger partial charge in [-0.05, 0) is 56.7 Å². The number of nitrogens with one attached hydrogen (secondary N) is 1. The van der Waals surface area contributed by atoms with Gasteiger partial charge in [-0.15, -0.1) is 0 Å². The Morgan fingerprint density at radius 3 is 2.68 bits per heavy atom. The highest BCUT2D eigenvalue weighted by Gasteiger charge is 2.24. The van der Waals surface area contributed by atoms with E-state index in [0.717, 1.165) is 19.6 Å². The van der Waals surface area contributed by atoms with E-state index in [2.05, 4.69) is 56.1 Å². The normalized spacial score (nSPS) is 20.3. The molecule has 1 saturated heterocycles. The summed E-state index contributed by atoms with van der Waals surface area (Å²) in [4.78, 5) is 14.7. The molecule has 1 N–H and O–H groups in total. The molecule has 0 aromatic heterocycles. The van der Waals surface area contributed by atoms with E-state index in [1.807, 2.05) is 6.07 Å². The number of carbonyl (C=O) groups excluding carboxylic acids is 1. The highest BCUT2D eigenvalue weighted by Crippen LogP contribution is 2.22. The van der Waals surface area contributed by atoms with Gasteiger partial charge in [0.05, 0.1) is 0 Å². The Labute approximate surface area is 135 Å². The van der Waals surface area contributed by atoms with Gasteiger partial charge in [-0.2, -0.15) is 0 Å². The van der Waals surface area contributed by atoms with Gasteiger partial charge in [-0.3, -0.25) is 4.79 Å². The third-order valence-electron chi connectivity index (χ3n) is 4.85. The summed E-state index contributed by atoms with van der Waals surface area (Å²) in [6, 6.07) is 8.96.